The van der Waals surface area contributed by atoms with Gasteiger partial charge in [0.25, 0.3) is 0 Å². The van der Waals surface area contributed by atoms with Crippen LogP contribution in [0, 0.1) is 0 Å². The third kappa shape index (κ3) is 2.54. The Bertz CT molecular complexity index is 628. The van der Waals surface area contributed by atoms with E-state index in [0.717, 1.165) is 0 Å². The maximum atomic E-state index is 2.24. The van der Waals surface area contributed by atoms with Crippen molar-refractivity contribution in [2.24, 2.45) is 14.1 Å². The first-order valence-corrected chi connectivity index (χ1v) is 6.44. The van der Waals surface area contributed by atoms with Crippen LogP contribution < -0.4 is 21.7 Å². The monoisotopic (exact) mass is 328 g/mol. The second kappa shape index (κ2) is 6.06. The summed E-state index contributed by atoms with van der Waals surface area (Å²) < 4.78 is 4.36. The van der Waals surface area contributed by atoms with Crippen LogP contribution in [0.1, 0.15) is 0 Å². The van der Waals surface area contributed by atoms with Crippen LogP contribution in [0.15, 0.2) is 66.7 Å². The van der Waals surface area contributed by atoms with Gasteiger partial charge in [-0.2, -0.15) is 4.68 Å². The van der Waals surface area contributed by atoms with Crippen molar-refractivity contribution in [3.05, 3.63) is 66.7 Å². The van der Waals surface area contributed by atoms with Gasteiger partial charge in [0, 0.05) is 17.2 Å². The van der Waals surface area contributed by atoms with Crippen LogP contribution in [0.25, 0.3) is 22.5 Å². The first kappa shape index (κ1) is 14.5. The van der Waals surface area contributed by atoms with Gasteiger partial charge in [-0.1, -0.05) is 48.5 Å². The summed E-state index contributed by atoms with van der Waals surface area (Å²) in [6.45, 7) is 0. The third-order valence-corrected chi connectivity index (χ3v) is 3.56. The molecule has 3 aromatic rings. The highest BCUT2D eigenvalue weighted by atomic mass is 79.9. The average Bonchev–Trinajstić information content (AvgIpc) is 2.77. The normalized spacial score (nSPS) is 10.1. The van der Waals surface area contributed by atoms with E-state index in [0.29, 0.717) is 0 Å². The molecule has 3 rings (SSSR count). The molecular formula is C17H17BrN2. The summed E-state index contributed by atoms with van der Waals surface area (Å²) in [7, 11) is 4.18. The molecule has 1 heterocycles. The average molecular weight is 329 g/mol. The molecule has 0 aliphatic rings. The zero-order valence-corrected chi connectivity index (χ0v) is 13.2. The maximum Gasteiger partial charge on any atom is 0.238 e. The molecule has 0 amide bonds. The Kier molecular flexibility index (Phi) is 4.40. The molecule has 1 aromatic heterocycles. The predicted octanol–water partition coefficient (Wildman–Crippen LogP) is 0.188. The van der Waals surface area contributed by atoms with Crippen molar-refractivity contribution in [1.82, 2.24) is 4.68 Å². The fourth-order valence-electron chi connectivity index (χ4n) is 2.40. The van der Waals surface area contributed by atoms with Crippen LogP contribution >= 0.6 is 0 Å². The molecule has 0 bridgehead atoms. The molecule has 20 heavy (non-hydrogen) atoms. The quantitative estimate of drug-likeness (QED) is 0.594. The fraction of sp³-hybridized carbons (Fsp3) is 0.118. The van der Waals surface area contributed by atoms with Gasteiger partial charge in [0.05, 0.1) is 7.05 Å². The number of aromatic nitrogens is 2. The zero-order valence-electron chi connectivity index (χ0n) is 11.6. The second-order valence-corrected chi connectivity index (χ2v) is 4.69. The summed E-state index contributed by atoms with van der Waals surface area (Å²) in [5.74, 6) is 0. The third-order valence-electron chi connectivity index (χ3n) is 3.56. The molecule has 0 aliphatic heterocycles. The molecule has 0 radical (unpaired) electrons. The van der Waals surface area contributed by atoms with E-state index >= 15 is 0 Å². The molecule has 0 spiro atoms. The van der Waals surface area contributed by atoms with E-state index in [4.69, 9.17) is 0 Å². The summed E-state index contributed by atoms with van der Waals surface area (Å²) in [6, 6.07) is 23.2. The Morgan fingerprint density at radius 3 is 1.85 bits per heavy atom. The Morgan fingerprint density at radius 1 is 0.800 bits per heavy atom. The summed E-state index contributed by atoms with van der Waals surface area (Å²) in [5.41, 5.74) is 4.93. The van der Waals surface area contributed by atoms with Crippen LogP contribution in [0.5, 0.6) is 0 Å². The minimum Gasteiger partial charge on any atom is -1.00 e. The van der Waals surface area contributed by atoms with Gasteiger partial charge in [0.1, 0.15) is 5.69 Å². The molecule has 0 saturated carbocycles. The first-order valence-electron chi connectivity index (χ1n) is 6.44. The lowest BCUT2D eigenvalue weighted by atomic mass is 10.1. The van der Waals surface area contributed by atoms with Crippen molar-refractivity contribution < 1.29 is 21.7 Å². The zero-order chi connectivity index (χ0) is 13.2. The highest BCUT2D eigenvalue weighted by molar-refractivity contribution is 5.66. The lowest BCUT2D eigenvalue weighted by Gasteiger charge is -1.99. The van der Waals surface area contributed by atoms with Crippen molar-refractivity contribution in [2.75, 3.05) is 0 Å². The highest BCUT2D eigenvalue weighted by Gasteiger charge is 2.19. The van der Waals surface area contributed by atoms with Crippen molar-refractivity contribution in [1.29, 1.82) is 0 Å². The van der Waals surface area contributed by atoms with Crippen LogP contribution in [0.3, 0.4) is 0 Å². The smallest absolute Gasteiger partial charge is 0.238 e. The van der Waals surface area contributed by atoms with Crippen LogP contribution in [-0.2, 0) is 14.1 Å². The van der Waals surface area contributed by atoms with Gasteiger partial charge in [-0.15, -0.1) is 4.68 Å². The minimum absolute atomic E-state index is 0. The Morgan fingerprint density at radius 2 is 1.30 bits per heavy atom. The van der Waals surface area contributed by atoms with E-state index in [1.807, 2.05) is 12.1 Å². The molecule has 0 unspecified atom stereocenters. The summed E-state index contributed by atoms with van der Waals surface area (Å²) >= 11 is 0. The van der Waals surface area contributed by atoms with Crippen molar-refractivity contribution in [2.45, 2.75) is 0 Å². The molecule has 0 N–H and O–H groups in total. The summed E-state index contributed by atoms with van der Waals surface area (Å²) in [6.07, 6.45) is 0. The van der Waals surface area contributed by atoms with E-state index in [2.05, 4.69) is 78.1 Å². The number of hydrogen-bond acceptors (Lipinski definition) is 0. The Balaban J connectivity index is 0.00000147. The van der Waals surface area contributed by atoms with Crippen molar-refractivity contribution in [3.8, 4) is 22.5 Å². The molecule has 2 aromatic carbocycles. The van der Waals surface area contributed by atoms with Gasteiger partial charge in [0.2, 0.25) is 5.69 Å². The topological polar surface area (TPSA) is 8.81 Å². The minimum atomic E-state index is 0. The number of rotatable bonds is 2. The van der Waals surface area contributed by atoms with Crippen LogP contribution in [0.2, 0.25) is 0 Å². The van der Waals surface area contributed by atoms with E-state index < -0.39 is 0 Å². The molecule has 0 saturated heterocycles. The van der Waals surface area contributed by atoms with E-state index in [1.165, 1.54) is 22.5 Å². The first-order chi connectivity index (χ1) is 9.27. The lowest BCUT2D eigenvalue weighted by molar-refractivity contribution is -0.740. The van der Waals surface area contributed by atoms with Gasteiger partial charge < -0.3 is 17.0 Å². The van der Waals surface area contributed by atoms with E-state index in [1.54, 1.807) is 0 Å². The molecule has 0 fully saturated rings. The largest absolute Gasteiger partial charge is 1.00 e. The van der Waals surface area contributed by atoms with Gasteiger partial charge in [-0.05, 0) is 12.1 Å². The fourth-order valence-corrected chi connectivity index (χ4v) is 2.40. The molecular weight excluding hydrogens is 312 g/mol. The predicted molar refractivity (Wildman–Crippen MR) is 77.5 cm³/mol. The number of benzene rings is 2. The van der Waals surface area contributed by atoms with Gasteiger partial charge in [-0.3, -0.25) is 0 Å². The summed E-state index contributed by atoms with van der Waals surface area (Å²) in [4.78, 5) is 0. The number of halogens is 1. The van der Waals surface area contributed by atoms with Gasteiger partial charge in [0.15, 0.2) is 7.05 Å². The van der Waals surface area contributed by atoms with Gasteiger partial charge >= 0.3 is 0 Å². The van der Waals surface area contributed by atoms with E-state index in [9.17, 15) is 0 Å². The Hall–Kier alpha value is -1.87. The van der Waals surface area contributed by atoms with Crippen molar-refractivity contribution >= 4 is 0 Å². The SMILES string of the molecule is Cn1c(-c2ccccc2)cc(-c2ccccc2)[n+]1C.[Br-]. The number of hydrogen-bond donors (Lipinski definition) is 0. The second-order valence-electron chi connectivity index (χ2n) is 4.69. The number of nitrogens with zero attached hydrogens (tertiary/aromatic N) is 2. The molecule has 0 atom stereocenters. The maximum absolute atomic E-state index is 2.24. The molecule has 0 aliphatic carbocycles. The van der Waals surface area contributed by atoms with Crippen molar-refractivity contribution in [3.63, 3.8) is 0 Å². The standard InChI is InChI=1S/C17H17N2.BrH/c1-18-16(14-9-5-3-6-10-14)13-17(19(18)2)15-11-7-4-8-12-15;/h3-13H,1-2H3;1H/q+1;/p-1. The van der Waals surface area contributed by atoms with Gasteiger partial charge in [-0.25, -0.2) is 0 Å². The molecule has 3 heteroatoms. The van der Waals surface area contributed by atoms with Crippen LogP contribution in [-0.4, -0.2) is 4.68 Å². The summed E-state index contributed by atoms with van der Waals surface area (Å²) in [5, 5.41) is 0. The molecule has 102 valence electrons. The lowest BCUT2D eigenvalue weighted by Crippen LogP contribution is -3.00. The van der Waals surface area contributed by atoms with E-state index in [-0.39, 0.29) is 17.0 Å². The molecule has 2 nitrogen and oxygen atoms in total. The highest BCUT2D eigenvalue weighted by Crippen LogP contribution is 2.23. The Labute approximate surface area is 130 Å². The van der Waals surface area contributed by atoms with Crippen LogP contribution in [0.4, 0.5) is 0 Å².